The van der Waals surface area contributed by atoms with Crippen molar-refractivity contribution in [2.45, 2.75) is 91.5 Å². The number of aryl methyl sites for hydroxylation is 3. The number of hydrogen-bond acceptors (Lipinski definition) is 4. The number of alkyl carbamates (subject to hydrolysis) is 1. The van der Waals surface area contributed by atoms with Crippen LogP contribution in [-0.4, -0.2) is 40.5 Å². The van der Waals surface area contributed by atoms with E-state index >= 15 is 0 Å². The highest BCUT2D eigenvalue weighted by molar-refractivity contribution is 5.99. The maximum atomic E-state index is 13.9. The third kappa shape index (κ3) is 6.86. The van der Waals surface area contributed by atoms with Crippen LogP contribution >= 0.6 is 0 Å². The van der Waals surface area contributed by atoms with E-state index in [4.69, 9.17) is 4.74 Å². The molecule has 3 rings (SSSR count). The molecule has 2 atom stereocenters. The van der Waals surface area contributed by atoms with Gasteiger partial charge in [-0.25, -0.2) is 4.79 Å². The minimum atomic E-state index is -0.861. The van der Waals surface area contributed by atoms with Crippen LogP contribution in [-0.2, 0) is 14.3 Å². The van der Waals surface area contributed by atoms with Crippen molar-refractivity contribution in [3.8, 4) is 0 Å². The second-order valence-electron chi connectivity index (χ2n) is 10.8. The minimum Gasteiger partial charge on any atom is -0.444 e. The predicted molar refractivity (Wildman–Crippen MR) is 142 cm³/mol. The Labute approximate surface area is 214 Å². The molecular formula is C29H39N3O4. The molecule has 2 aromatic rings. The number of carbonyl (C=O) groups excluding carboxylic acids is 3. The fourth-order valence-corrected chi connectivity index (χ4v) is 4.47. The lowest BCUT2D eigenvalue weighted by molar-refractivity contribution is -0.145. The second kappa shape index (κ2) is 11.1. The molecule has 0 aromatic heterocycles. The first kappa shape index (κ1) is 27.2. The average Bonchev–Trinajstić information content (AvgIpc) is 2.71. The van der Waals surface area contributed by atoms with E-state index in [2.05, 4.69) is 10.6 Å². The number of para-hydroxylation sites is 1. The van der Waals surface area contributed by atoms with Crippen molar-refractivity contribution in [2.75, 3.05) is 5.32 Å². The molecule has 1 fully saturated rings. The van der Waals surface area contributed by atoms with E-state index in [1.165, 1.54) is 0 Å². The van der Waals surface area contributed by atoms with E-state index in [0.29, 0.717) is 5.69 Å². The Hall–Kier alpha value is -3.35. The normalized spacial score (nSPS) is 15.3. The lowest BCUT2D eigenvalue weighted by atomic mass is 9.87. The highest BCUT2D eigenvalue weighted by Crippen LogP contribution is 2.35. The largest absolute Gasteiger partial charge is 0.444 e. The summed E-state index contributed by atoms with van der Waals surface area (Å²) < 4.78 is 5.36. The first-order valence-corrected chi connectivity index (χ1v) is 12.6. The number of anilines is 1. The number of ether oxygens (including phenoxy) is 1. The number of benzene rings is 2. The van der Waals surface area contributed by atoms with Gasteiger partial charge in [0.05, 0.1) is 0 Å². The number of nitrogens with one attached hydrogen (secondary N) is 2. The van der Waals surface area contributed by atoms with Crippen LogP contribution in [0.5, 0.6) is 0 Å². The van der Waals surface area contributed by atoms with Crippen LogP contribution in [0.15, 0.2) is 42.5 Å². The minimum absolute atomic E-state index is 0.0891. The number of hydrogen-bond donors (Lipinski definition) is 2. The van der Waals surface area contributed by atoms with Gasteiger partial charge in [-0.3, -0.25) is 9.59 Å². The molecule has 1 saturated carbocycles. The fraction of sp³-hybridized carbons (Fsp3) is 0.483. The molecule has 3 amide bonds. The summed E-state index contributed by atoms with van der Waals surface area (Å²) in [5.41, 5.74) is 3.74. The van der Waals surface area contributed by atoms with Crippen molar-refractivity contribution in [3.05, 3.63) is 64.7 Å². The van der Waals surface area contributed by atoms with Gasteiger partial charge in [-0.1, -0.05) is 47.5 Å². The summed E-state index contributed by atoms with van der Waals surface area (Å²) in [5.74, 6) is -0.589. The van der Waals surface area contributed by atoms with Crippen molar-refractivity contribution in [1.82, 2.24) is 10.2 Å². The molecule has 7 nitrogen and oxygen atoms in total. The zero-order valence-electron chi connectivity index (χ0n) is 22.5. The molecular weight excluding hydrogens is 454 g/mol. The smallest absolute Gasteiger partial charge is 0.408 e. The monoisotopic (exact) mass is 493 g/mol. The average molecular weight is 494 g/mol. The molecule has 2 unspecified atom stereocenters. The fourth-order valence-electron chi connectivity index (χ4n) is 4.47. The summed E-state index contributed by atoms with van der Waals surface area (Å²) in [6, 6.07) is 11.7. The third-order valence-corrected chi connectivity index (χ3v) is 6.32. The van der Waals surface area contributed by atoms with Crippen LogP contribution in [0.2, 0.25) is 0 Å². The van der Waals surface area contributed by atoms with E-state index in [-0.39, 0.29) is 17.9 Å². The van der Waals surface area contributed by atoms with Crippen LogP contribution in [0.25, 0.3) is 0 Å². The first-order valence-electron chi connectivity index (χ1n) is 12.6. The molecule has 0 aliphatic heterocycles. The lowest BCUT2D eigenvalue weighted by Gasteiger charge is -2.43. The van der Waals surface area contributed by atoms with E-state index in [9.17, 15) is 14.4 Å². The Balaban J connectivity index is 1.99. The van der Waals surface area contributed by atoms with Gasteiger partial charge in [-0.05, 0) is 84.9 Å². The van der Waals surface area contributed by atoms with E-state index < -0.39 is 23.8 Å². The summed E-state index contributed by atoms with van der Waals surface area (Å²) in [4.78, 5) is 41.8. The third-order valence-electron chi connectivity index (χ3n) is 6.32. The van der Waals surface area contributed by atoms with Crippen LogP contribution in [0.1, 0.15) is 75.3 Å². The van der Waals surface area contributed by atoms with Crippen molar-refractivity contribution >= 4 is 23.6 Å². The molecule has 1 aliphatic rings. The Bertz CT molecular complexity index is 1100. The predicted octanol–water partition coefficient (Wildman–Crippen LogP) is 5.59. The molecule has 7 heteroatoms. The van der Waals surface area contributed by atoms with Gasteiger partial charge in [0.15, 0.2) is 0 Å². The number of carbonyl (C=O) groups is 3. The SMILES string of the molecule is Cc1cc(C)cc(C(C(=O)Nc2ccccc2C)N(C(=O)C(C)NC(=O)OC(C)(C)C)C2CCC2)c1. The molecule has 36 heavy (non-hydrogen) atoms. The first-order chi connectivity index (χ1) is 16.9. The van der Waals surface area contributed by atoms with Gasteiger partial charge in [0.1, 0.15) is 17.7 Å². The Morgan fingerprint density at radius 1 is 1.00 bits per heavy atom. The quantitative estimate of drug-likeness (QED) is 0.527. The maximum absolute atomic E-state index is 13.9. The van der Waals surface area contributed by atoms with Crippen LogP contribution in [0, 0.1) is 20.8 Å². The van der Waals surface area contributed by atoms with Gasteiger partial charge in [0.2, 0.25) is 5.91 Å². The van der Waals surface area contributed by atoms with Gasteiger partial charge in [0.25, 0.3) is 5.91 Å². The van der Waals surface area contributed by atoms with Crippen molar-refractivity contribution in [1.29, 1.82) is 0 Å². The van der Waals surface area contributed by atoms with Gasteiger partial charge in [0, 0.05) is 11.7 Å². The Kier molecular flexibility index (Phi) is 8.43. The summed E-state index contributed by atoms with van der Waals surface area (Å²) in [5, 5.41) is 5.71. The summed E-state index contributed by atoms with van der Waals surface area (Å²) in [6.07, 6.45) is 1.94. The standard InChI is InChI=1S/C29H39N3O4/c1-18-15-19(2)17-22(16-18)25(26(33)31-24-14-9-8-11-20(24)3)32(23-12-10-13-23)27(34)21(4)30-28(35)36-29(5,6)7/h8-9,11,14-17,21,23,25H,10,12-13H2,1-7H3,(H,30,35)(H,31,33). The Morgan fingerprint density at radius 2 is 1.61 bits per heavy atom. The Morgan fingerprint density at radius 3 is 2.14 bits per heavy atom. The lowest BCUT2D eigenvalue weighted by Crippen LogP contribution is -2.56. The zero-order valence-corrected chi connectivity index (χ0v) is 22.5. The van der Waals surface area contributed by atoms with Gasteiger partial charge < -0.3 is 20.3 Å². The van der Waals surface area contributed by atoms with Crippen LogP contribution < -0.4 is 10.6 Å². The molecule has 194 valence electrons. The summed E-state index contributed by atoms with van der Waals surface area (Å²) in [7, 11) is 0. The number of amides is 3. The van der Waals surface area contributed by atoms with E-state index in [0.717, 1.165) is 41.5 Å². The summed E-state index contributed by atoms with van der Waals surface area (Å²) >= 11 is 0. The van der Waals surface area contributed by atoms with Gasteiger partial charge in [-0.15, -0.1) is 0 Å². The molecule has 2 N–H and O–H groups in total. The van der Waals surface area contributed by atoms with Crippen molar-refractivity contribution < 1.29 is 19.1 Å². The summed E-state index contributed by atoms with van der Waals surface area (Å²) in [6.45, 7) is 12.8. The molecule has 1 aliphatic carbocycles. The van der Waals surface area contributed by atoms with Crippen LogP contribution in [0.3, 0.4) is 0 Å². The molecule has 0 spiro atoms. The van der Waals surface area contributed by atoms with Crippen LogP contribution in [0.4, 0.5) is 10.5 Å². The maximum Gasteiger partial charge on any atom is 0.408 e. The van der Waals surface area contributed by atoms with E-state index in [1.54, 1.807) is 32.6 Å². The van der Waals surface area contributed by atoms with E-state index in [1.807, 2.05) is 63.2 Å². The van der Waals surface area contributed by atoms with Gasteiger partial charge >= 0.3 is 6.09 Å². The topological polar surface area (TPSA) is 87.7 Å². The molecule has 0 bridgehead atoms. The highest BCUT2D eigenvalue weighted by Gasteiger charge is 2.41. The molecule has 0 radical (unpaired) electrons. The molecule has 2 aromatic carbocycles. The molecule has 0 heterocycles. The number of rotatable bonds is 7. The molecule has 0 saturated heterocycles. The number of nitrogens with zero attached hydrogens (tertiary/aromatic N) is 1. The van der Waals surface area contributed by atoms with Crippen molar-refractivity contribution in [3.63, 3.8) is 0 Å². The highest BCUT2D eigenvalue weighted by atomic mass is 16.6. The zero-order chi connectivity index (χ0) is 26.6. The second-order valence-corrected chi connectivity index (χ2v) is 10.8. The van der Waals surface area contributed by atoms with Crippen molar-refractivity contribution in [2.24, 2.45) is 0 Å². The van der Waals surface area contributed by atoms with Gasteiger partial charge in [-0.2, -0.15) is 0 Å².